The van der Waals surface area contributed by atoms with Crippen molar-refractivity contribution in [3.05, 3.63) is 64.9 Å². The van der Waals surface area contributed by atoms with E-state index in [-0.39, 0.29) is 30.8 Å². The SMILES string of the molecule is CC1(C)NC(=O)N(Cc2ccc(CNC(=O)Cc3csc(-c4ccco4)n3)cc2)C1=O. The van der Waals surface area contributed by atoms with E-state index in [9.17, 15) is 14.4 Å². The number of urea groups is 1. The second-order valence-electron chi connectivity index (χ2n) is 7.84. The molecule has 1 aliphatic heterocycles. The minimum Gasteiger partial charge on any atom is -0.462 e. The van der Waals surface area contributed by atoms with Crippen LogP contribution in [-0.2, 0) is 29.1 Å². The molecule has 4 amide bonds. The Morgan fingerprint density at radius 2 is 1.94 bits per heavy atom. The Morgan fingerprint density at radius 3 is 2.58 bits per heavy atom. The fourth-order valence-corrected chi connectivity index (χ4v) is 4.02. The van der Waals surface area contributed by atoms with Crippen LogP contribution < -0.4 is 10.6 Å². The maximum atomic E-state index is 12.3. The van der Waals surface area contributed by atoms with Crippen molar-refractivity contribution in [1.29, 1.82) is 0 Å². The van der Waals surface area contributed by atoms with Crippen LogP contribution in [0.1, 0.15) is 30.7 Å². The highest BCUT2D eigenvalue weighted by molar-refractivity contribution is 7.13. The quantitative estimate of drug-likeness (QED) is 0.552. The smallest absolute Gasteiger partial charge is 0.325 e. The Morgan fingerprint density at radius 1 is 1.19 bits per heavy atom. The third kappa shape index (κ3) is 4.66. The lowest BCUT2D eigenvalue weighted by atomic mass is 10.1. The number of nitrogens with zero attached hydrogens (tertiary/aromatic N) is 2. The van der Waals surface area contributed by atoms with Crippen molar-refractivity contribution in [2.75, 3.05) is 0 Å². The minimum atomic E-state index is -0.878. The van der Waals surface area contributed by atoms with Crippen LogP contribution in [0.3, 0.4) is 0 Å². The van der Waals surface area contributed by atoms with Crippen LogP contribution >= 0.6 is 11.3 Å². The molecule has 3 heterocycles. The minimum absolute atomic E-state index is 0.123. The van der Waals surface area contributed by atoms with E-state index in [4.69, 9.17) is 4.42 Å². The van der Waals surface area contributed by atoms with Crippen molar-refractivity contribution in [3.63, 3.8) is 0 Å². The molecule has 1 saturated heterocycles. The molecule has 0 unspecified atom stereocenters. The topological polar surface area (TPSA) is 105 Å². The van der Waals surface area contributed by atoms with Gasteiger partial charge in [-0.3, -0.25) is 14.5 Å². The predicted octanol–water partition coefficient (Wildman–Crippen LogP) is 3.09. The number of amides is 4. The van der Waals surface area contributed by atoms with Crippen LogP contribution in [0.4, 0.5) is 4.79 Å². The summed E-state index contributed by atoms with van der Waals surface area (Å²) < 4.78 is 5.32. The molecule has 31 heavy (non-hydrogen) atoms. The summed E-state index contributed by atoms with van der Waals surface area (Å²) >= 11 is 1.44. The van der Waals surface area contributed by atoms with Crippen molar-refractivity contribution in [3.8, 4) is 10.8 Å². The number of imide groups is 1. The van der Waals surface area contributed by atoms with E-state index >= 15 is 0 Å². The van der Waals surface area contributed by atoms with Gasteiger partial charge in [-0.15, -0.1) is 11.3 Å². The molecule has 0 bridgehead atoms. The molecule has 2 N–H and O–H groups in total. The summed E-state index contributed by atoms with van der Waals surface area (Å²) in [5.41, 5.74) is 1.58. The summed E-state index contributed by atoms with van der Waals surface area (Å²) in [4.78, 5) is 42.2. The van der Waals surface area contributed by atoms with Gasteiger partial charge >= 0.3 is 6.03 Å². The summed E-state index contributed by atoms with van der Waals surface area (Å²) in [6.45, 7) is 3.96. The molecule has 3 aromatic rings. The molecule has 160 valence electrons. The number of thiazole rings is 1. The van der Waals surface area contributed by atoms with Gasteiger partial charge in [0.1, 0.15) is 5.54 Å². The molecule has 1 fully saturated rings. The molecule has 0 radical (unpaired) electrons. The molecule has 1 aromatic carbocycles. The third-order valence-electron chi connectivity index (χ3n) is 4.92. The number of rotatable bonds is 7. The fraction of sp³-hybridized carbons (Fsp3) is 0.273. The second-order valence-corrected chi connectivity index (χ2v) is 8.70. The number of carbonyl (C=O) groups is 3. The number of carbonyl (C=O) groups excluding carboxylic acids is 3. The highest BCUT2D eigenvalue weighted by atomic mass is 32.1. The van der Waals surface area contributed by atoms with Gasteiger partial charge in [-0.05, 0) is 37.1 Å². The van der Waals surface area contributed by atoms with Crippen molar-refractivity contribution in [1.82, 2.24) is 20.5 Å². The third-order valence-corrected chi connectivity index (χ3v) is 5.83. The van der Waals surface area contributed by atoms with Gasteiger partial charge in [0.05, 0.1) is 24.9 Å². The van der Waals surface area contributed by atoms with Gasteiger partial charge in [-0.1, -0.05) is 24.3 Å². The van der Waals surface area contributed by atoms with Gasteiger partial charge in [-0.25, -0.2) is 9.78 Å². The number of hydrogen-bond donors (Lipinski definition) is 2. The molecule has 1 aliphatic rings. The van der Waals surface area contributed by atoms with E-state index in [1.807, 2.05) is 35.7 Å². The molecule has 0 aliphatic carbocycles. The Labute approximate surface area is 183 Å². The summed E-state index contributed by atoms with van der Waals surface area (Å²) in [5.74, 6) is 0.321. The summed E-state index contributed by atoms with van der Waals surface area (Å²) in [6, 6.07) is 10.7. The monoisotopic (exact) mass is 438 g/mol. The first-order chi connectivity index (χ1) is 14.8. The molecule has 0 atom stereocenters. The van der Waals surface area contributed by atoms with Crippen LogP contribution in [0.2, 0.25) is 0 Å². The second kappa shape index (κ2) is 8.35. The van der Waals surface area contributed by atoms with E-state index in [1.54, 1.807) is 26.2 Å². The fourth-order valence-electron chi connectivity index (χ4n) is 3.24. The number of furan rings is 1. The van der Waals surface area contributed by atoms with Crippen LogP contribution in [0.25, 0.3) is 10.8 Å². The highest BCUT2D eigenvalue weighted by Gasteiger charge is 2.43. The number of benzene rings is 1. The maximum absolute atomic E-state index is 12.3. The molecular formula is C22H22N4O4S. The van der Waals surface area contributed by atoms with Crippen LogP contribution in [0, 0.1) is 0 Å². The highest BCUT2D eigenvalue weighted by Crippen LogP contribution is 2.24. The zero-order valence-electron chi connectivity index (χ0n) is 17.2. The maximum Gasteiger partial charge on any atom is 0.325 e. The average Bonchev–Trinajstić information content (AvgIpc) is 3.45. The van der Waals surface area contributed by atoms with E-state index in [0.29, 0.717) is 18.0 Å². The normalized spacial score (nSPS) is 15.2. The summed E-state index contributed by atoms with van der Waals surface area (Å²) in [7, 11) is 0. The van der Waals surface area contributed by atoms with Crippen LogP contribution in [0.5, 0.6) is 0 Å². The molecule has 2 aromatic heterocycles. The van der Waals surface area contributed by atoms with Gasteiger partial charge in [0.25, 0.3) is 5.91 Å². The van der Waals surface area contributed by atoms with E-state index in [2.05, 4.69) is 15.6 Å². The molecule has 0 spiro atoms. The Bertz CT molecular complexity index is 1100. The zero-order chi connectivity index (χ0) is 22.0. The van der Waals surface area contributed by atoms with Crippen molar-refractivity contribution in [2.24, 2.45) is 0 Å². The zero-order valence-corrected chi connectivity index (χ0v) is 18.0. The van der Waals surface area contributed by atoms with Gasteiger partial charge in [-0.2, -0.15) is 0 Å². The van der Waals surface area contributed by atoms with Gasteiger partial charge in [0, 0.05) is 11.9 Å². The van der Waals surface area contributed by atoms with Crippen molar-refractivity contribution < 1.29 is 18.8 Å². The number of hydrogen-bond acceptors (Lipinski definition) is 6. The molecular weight excluding hydrogens is 416 g/mol. The first-order valence-electron chi connectivity index (χ1n) is 9.79. The Balaban J connectivity index is 1.28. The first-order valence-corrected chi connectivity index (χ1v) is 10.7. The lowest BCUT2D eigenvalue weighted by molar-refractivity contribution is -0.130. The predicted molar refractivity (Wildman–Crippen MR) is 115 cm³/mol. The summed E-state index contributed by atoms with van der Waals surface area (Å²) in [5, 5.41) is 8.15. The Hall–Kier alpha value is -3.46. The molecule has 4 rings (SSSR count). The largest absolute Gasteiger partial charge is 0.462 e. The molecule has 9 heteroatoms. The van der Waals surface area contributed by atoms with Gasteiger partial charge in [0.2, 0.25) is 5.91 Å². The van der Waals surface area contributed by atoms with Crippen LogP contribution in [0.15, 0.2) is 52.5 Å². The van der Waals surface area contributed by atoms with Gasteiger partial charge < -0.3 is 15.1 Å². The van der Waals surface area contributed by atoms with Crippen molar-refractivity contribution in [2.45, 2.75) is 38.9 Å². The number of nitrogens with one attached hydrogen (secondary N) is 2. The lowest BCUT2D eigenvalue weighted by Crippen LogP contribution is -2.40. The first kappa shape index (κ1) is 20.8. The standard InChI is InChI=1S/C22H22N4O4S/c1-22(2)20(28)26(21(29)25-22)12-15-7-5-14(6-8-15)11-23-18(27)10-16-13-31-19(24-16)17-4-3-9-30-17/h3-9,13H,10-12H2,1-2H3,(H,23,27)(H,25,29). The van der Waals surface area contributed by atoms with Gasteiger partial charge in [0.15, 0.2) is 10.8 Å². The molecule has 0 saturated carbocycles. The van der Waals surface area contributed by atoms with E-state index in [1.165, 1.54) is 16.2 Å². The number of aromatic nitrogens is 1. The van der Waals surface area contributed by atoms with E-state index in [0.717, 1.165) is 16.1 Å². The average molecular weight is 439 g/mol. The lowest BCUT2D eigenvalue weighted by Gasteiger charge is -2.16. The molecule has 8 nitrogen and oxygen atoms in total. The summed E-state index contributed by atoms with van der Waals surface area (Å²) in [6.07, 6.45) is 1.78. The van der Waals surface area contributed by atoms with E-state index < -0.39 is 5.54 Å². The Kier molecular flexibility index (Phi) is 5.60. The van der Waals surface area contributed by atoms with Crippen LogP contribution in [-0.4, -0.2) is 33.3 Å². The van der Waals surface area contributed by atoms with Crippen molar-refractivity contribution >= 4 is 29.2 Å².